The number of benzene rings is 1. The molecule has 3 rings (SSSR count). The molecule has 1 saturated heterocycles. The molecular weight excluding hydrogens is 278 g/mol. The average molecular weight is 298 g/mol. The second kappa shape index (κ2) is 5.19. The van der Waals surface area contributed by atoms with E-state index in [-0.39, 0.29) is 5.60 Å². The number of hydrogen-bond donors (Lipinski definition) is 1. The zero-order chi connectivity index (χ0) is 13.5. The maximum absolute atomic E-state index is 6.44. The van der Waals surface area contributed by atoms with Crippen LogP contribution in [0.5, 0.6) is 5.75 Å². The first-order chi connectivity index (χ1) is 9.14. The van der Waals surface area contributed by atoms with Gasteiger partial charge in [0.1, 0.15) is 11.4 Å². The molecular formula is C15H20ClNOS. The zero-order valence-corrected chi connectivity index (χ0v) is 13.0. The van der Waals surface area contributed by atoms with Crippen molar-refractivity contribution in [2.45, 2.75) is 43.1 Å². The van der Waals surface area contributed by atoms with Gasteiger partial charge in [-0.15, -0.1) is 0 Å². The van der Waals surface area contributed by atoms with Gasteiger partial charge in [-0.1, -0.05) is 11.6 Å². The molecule has 1 aromatic carbocycles. The molecule has 19 heavy (non-hydrogen) atoms. The van der Waals surface area contributed by atoms with Crippen molar-refractivity contribution >= 4 is 23.4 Å². The summed E-state index contributed by atoms with van der Waals surface area (Å²) in [4.78, 5) is 0. The molecule has 2 aliphatic rings. The number of fused-ring (bicyclic) bond motifs is 1. The summed E-state index contributed by atoms with van der Waals surface area (Å²) in [6, 6.07) is 6.32. The van der Waals surface area contributed by atoms with E-state index in [0.717, 1.165) is 23.6 Å². The van der Waals surface area contributed by atoms with Crippen LogP contribution in [-0.4, -0.2) is 23.7 Å². The second-order valence-corrected chi connectivity index (χ2v) is 7.40. The van der Waals surface area contributed by atoms with Crippen molar-refractivity contribution in [2.24, 2.45) is 0 Å². The molecule has 1 fully saturated rings. The van der Waals surface area contributed by atoms with Crippen LogP contribution in [0.3, 0.4) is 0 Å². The van der Waals surface area contributed by atoms with Crippen molar-refractivity contribution in [2.75, 3.05) is 12.8 Å². The van der Waals surface area contributed by atoms with Crippen molar-refractivity contribution in [3.8, 4) is 5.75 Å². The SMILES string of the molecule is CNC1CC2(CCCSC2C)Oc2ccc(Cl)cc21. The molecule has 0 saturated carbocycles. The minimum atomic E-state index is -0.0164. The van der Waals surface area contributed by atoms with Gasteiger partial charge in [0.25, 0.3) is 0 Å². The first-order valence-corrected chi connectivity index (χ1v) is 8.35. The van der Waals surface area contributed by atoms with Crippen LogP contribution in [0.15, 0.2) is 18.2 Å². The van der Waals surface area contributed by atoms with Gasteiger partial charge in [0, 0.05) is 28.3 Å². The van der Waals surface area contributed by atoms with E-state index in [9.17, 15) is 0 Å². The van der Waals surface area contributed by atoms with E-state index in [1.165, 1.54) is 17.7 Å². The smallest absolute Gasteiger partial charge is 0.125 e. The lowest BCUT2D eigenvalue weighted by Gasteiger charge is -2.47. The van der Waals surface area contributed by atoms with Crippen LogP contribution in [0.4, 0.5) is 0 Å². The Bertz CT molecular complexity index is 481. The Kier molecular flexibility index (Phi) is 3.71. The van der Waals surface area contributed by atoms with Crippen LogP contribution < -0.4 is 10.1 Å². The first kappa shape index (κ1) is 13.6. The number of nitrogens with one attached hydrogen (secondary N) is 1. The Balaban J connectivity index is 1.99. The molecule has 1 N–H and O–H groups in total. The molecule has 0 amide bonds. The Morgan fingerprint density at radius 3 is 3.05 bits per heavy atom. The Morgan fingerprint density at radius 1 is 1.47 bits per heavy atom. The summed E-state index contributed by atoms with van der Waals surface area (Å²) in [7, 11) is 2.02. The zero-order valence-electron chi connectivity index (χ0n) is 11.4. The fourth-order valence-corrected chi connectivity index (χ4v) is 4.66. The van der Waals surface area contributed by atoms with Crippen LogP contribution in [0.2, 0.25) is 5.02 Å². The van der Waals surface area contributed by atoms with E-state index in [0.29, 0.717) is 11.3 Å². The fourth-order valence-electron chi connectivity index (χ4n) is 3.25. The van der Waals surface area contributed by atoms with Gasteiger partial charge in [0.2, 0.25) is 0 Å². The molecule has 0 aliphatic carbocycles. The number of hydrogen-bond acceptors (Lipinski definition) is 3. The summed E-state index contributed by atoms with van der Waals surface area (Å²) in [5, 5.41) is 4.76. The van der Waals surface area contributed by atoms with E-state index >= 15 is 0 Å². The predicted molar refractivity (Wildman–Crippen MR) is 82.4 cm³/mol. The van der Waals surface area contributed by atoms with Gasteiger partial charge >= 0.3 is 0 Å². The second-order valence-electron chi connectivity index (χ2n) is 5.51. The molecule has 2 aliphatic heterocycles. The minimum absolute atomic E-state index is 0.0164. The normalized spacial score (nSPS) is 33.8. The maximum atomic E-state index is 6.44. The monoisotopic (exact) mass is 297 g/mol. The Labute approximate surface area is 124 Å². The summed E-state index contributed by atoms with van der Waals surface area (Å²) >= 11 is 8.15. The first-order valence-electron chi connectivity index (χ1n) is 6.92. The Morgan fingerprint density at radius 2 is 2.32 bits per heavy atom. The number of rotatable bonds is 1. The lowest BCUT2D eigenvalue weighted by atomic mass is 9.82. The van der Waals surface area contributed by atoms with Gasteiger partial charge < -0.3 is 10.1 Å². The molecule has 2 nitrogen and oxygen atoms in total. The number of thioether (sulfide) groups is 1. The van der Waals surface area contributed by atoms with Gasteiger partial charge in [-0.2, -0.15) is 11.8 Å². The predicted octanol–water partition coefficient (Wildman–Crippen LogP) is 4.04. The highest BCUT2D eigenvalue weighted by atomic mass is 35.5. The lowest BCUT2D eigenvalue weighted by Crippen LogP contribution is -2.51. The van der Waals surface area contributed by atoms with Gasteiger partial charge in [-0.3, -0.25) is 0 Å². The van der Waals surface area contributed by atoms with E-state index in [2.05, 4.69) is 12.2 Å². The topological polar surface area (TPSA) is 21.3 Å². The quantitative estimate of drug-likeness (QED) is 0.845. The summed E-state index contributed by atoms with van der Waals surface area (Å²) < 4.78 is 6.44. The maximum Gasteiger partial charge on any atom is 0.125 e. The van der Waals surface area contributed by atoms with Crippen molar-refractivity contribution in [3.63, 3.8) is 0 Å². The fraction of sp³-hybridized carbons (Fsp3) is 0.600. The molecule has 1 spiro atoms. The third-order valence-electron chi connectivity index (χ3n) is 4.41. The highest BCUT2D eigenvalue weighted by molar-refractivity contribution is 8.00. The van der Waals surface area contributed by atoms with Crippen molar-refractivity contribution < 1.29 is 4.74 Å². The molecule has 3 atom stereocenters. The van der Waals surface area contributed by atoms with Crippen LogP contribution in [0.25, 0.3) is 0 Å². The minimum Gasteiger partial charge on any atom is -0.486 e. The van der Waals surface area contributed by atoms with E-state index < -0.39 is 0 Å². The molecule has 0 radical (unpaired) electrons. The third-order valence-corrected chi connectivity index (χ3v) is 6.10. The van der Waals surface area contributed by atoms with Crippen molar-refractivity contribution in [3.05, 3.63) is 28.8 Å². The number of halogens is 1. The average Bonchev–Trinajstić information content (AvgIpc) is 2.42. The molecule has 104 valence electrons. The highest BCUT2D eigenvalue weighted by Gasteiger charge is 2.46. The van der Waals surface area contributed by atoms with Crippen molar-refractivity contribution in [1.29, 1.82) is 0 Å². The van der Waals surface area contributed by atoms with Crippen LogP contribution in [-0.2, 0) is 0 Å². The summed E-state index contributed by atoms with van der Waals surface area (Å²) in [5.41, 5.74) is 1.18. The molecule has 2 heterocycles. The van der Waals surface area contributed by atoms with Gasteiger partial charge in [0.05, 0.1) is 0 Å². The molecule has 3 unspecified atom stereocenters. The summed E-state index contributed by atoms with van der Waals surface area (Å²) in [6.07, 6.45) is 3.43. The van der Waals surface area contributed by atoms with E-state index in [4.69, 9.17) is 16.3 Å². The lowest BCUT2D eigenvalue weighted by molar-refractivity contribution is 0.0214. The van der Waals surface area contributed by atoms with Gasteiger partial charge in [-0.05, 0) is 50.8 Å². The largest absolute Gasteiger partial charge is 0.486 e. The van der Waals surface area contributed by atoms with Gasteiger partial charge in [-0.25, -0.2) is 0 Å². The van der Waals surface area contributed by atoms with Crippen molar-refractivity contribution in [1.82, 2.24) is 5.32 Å². The molecule has 0 bridgehead atoms. The summed E-state index contributed by atoms with van der Waals surface area (Å²) in [6.45, 7) is 2.30. The van der Waals surface area contributed by atoms with E-state index in [1.54, 1.807) is 0 Å². The standard InChI is InChI=1S/C15H20ClNOS/c1-10-15(6-3-7-19-10)9-13(17-2)12-8-11(16)4-5-14(12)18-15/h4-5,8,10,13,17H,3,6-7,9H2,1-2H3. The van der Waals surface area contributed by atoms with E-state index in [1.807, 2.05) is 37.0 Å². The third kappa shape index (κ3) is 2.37. The van der Waals surface area contributed by atoms with Crippen LogP contribution in [0.1, 0.15) is 37.8 Å². The van der Waals surface area contributed by atoms with Crippen LogP contribution >= 0.6 is 23.4 Å². The Hall–Kier alpha value is -0.380. The highest BCUT2D eigenvalue weighted by Crippen LogP contribution is 2.48. The summed E-state index contributed by atoms with van der Waals surface area (Å²) in [5.74, 6) is 2.26. The molecule has 4 heteroatoms. The van der Waals surface area contributed by atoms with Gasteiger partial charge in [0.15, 0.2) is 0 Å². The molecule has 0 aromatic heterocycles. The number of ether oxygens (including phenoxy) is 1. The van der Waals surface area contributed by atoms with Crippen LogP contribution in [0, 0.1) is 0 Å². The molecule has 1 aromatic rings.